The van der Waals surface area contributed by atoms with E-state index in [1.165, 1.54) is 0 Å². The largest absolute Gasteiger partial charge is 0.476 e. The minimum Gasteiger partial charge on any atom is -0.476 e. The maximum absolute atomic E-state index is 10.8. The van der Waals surface area contributed by atoms with Gasteiger partial charge in [0.15, 0.2) is 5.69 Å². The molecule has 0 unspecified atom stereocenters. The second-order valence-corrected chi connectivity index (χ2v) is 3.04. The molecule has 0 aromatic carbocycles. The Balaban J connectivity index is 0.000000980. The van der Waals surface area contributed by atoms with Crippen LogP contribution in [0.2, 0.25) is 0 Å². The molecule has 2 rings (SSSR count). The van der Waals surface area contributed by atoms with Gasteiger partial charge in [0, 0.05) is 26.1 Å². The number of carboxylic acids is 1. The summed E-state index contributed by atoms with van der Waals surface area (Å²) in [5, 5.41) is 12.0. The fraction of sp³-hybridized carbons (Fsp3) is 0.500. The summed E-state index contributed by atoms with van der Waals surface area (Å²) in [5.74, 6) is -0.935. The van der Waals surface area contributed by atoms with Crippen LogP contribution in [0, 0.1) is 0 Å². The lowest BCUT2D eigenvalue weighted by atomic mass is 10.2. The van der Waals surface area contributed by atoms with Crippen molar-refractivity contribution in [3.63, 3.8) is 0 Å². The van der Waals surface area contributed by atoms with Gasteiger partial charge in [-0.25, -0.2) is 9.78 Å². The molecular formula is C8H13Cl2N3O2. The van der Waals surface area contributed by atoms with Crippen LogP contribution in [0.4, 0.5) is 0 Å². The summed E-state index contributed by atoms with van der Waals surface area (Å²) in [6, 6.07) is 0. The van der Waals surface area contributed by atoms with Gasteiger partial charge >= 0.3 is 5.97 Å². The number of aromatic nitrogens is 2. The molecule has 15 heavy (non-hydrogen) atoms. The van der Waals surface area contributed by atoms with Crippen molar-refractivity contribution in [1.29, 1.82) is 0 Å². The number of halogens is 2. The second-order valence-electron chi connectivity index (χ2n) is 3.04. The average molecular weight is 254 g/mol. The first-order valence-electron chi connectivity index (χ1n) is 4.27. The number of nitrogens with one attached hydrogen (secondary N) is 1. The van der Waals surface area contributed by atoms with Crippen LogP contribution in [0.5, 0.6) is 0 Å². The lowest BCUT2D eigenvalue weighted by Gasteiger charge is -2.01. The van der Waals surface area contributed by atoms with E-state index in [1.807, 2.05) is 4.57 Å². The summed E-state index contributed by atoms with van der Waals surface area (Å²) < 4.78 is 1.91. The molecule has 1 aromatic heterocycles. The van der Waals surface area contributed by atoms with Gasteiger partial charge in [0.05, 0.1) is 12.0 Å². The Morgan fingerprint density at radius 2 is 2.20 bits per heavy atom. The average Bonchev–Trinajstić information content (AvgIpc) is 2.36. The molecule has 7 heteroatoms. The number of nitrogens with zero attached hydrogens (tertiary/aromatic N) is 2. The lowest BCUT2D eigenvalue weighted by Crippen LogP contribution is -2.17. The van der Waals surface area contributed by atoms with Crippen LogP contribution in [-0.4, -0.2) is 33.7 Å². The fourth-order valence-electron chi connectivity index (χ4n) is 1.57. The zero-order valence-corrected chi connectivity index (χ0v) is 9.61. The van der Waals surface area contributed by atoms with E-state index in [4.69, 9.17) is 5.11 Å². The summed E-state index contributed by atoms with van der Waals surface area (Å²) in [6.45, 7) is 2.50. The zero-order chi connectivity index (χ0) is 9.26. The molecular weight excluding hydrogens is 241 g/mol. The van der Waals surface area contributed by atoms with Crippen molar-refractivity contribution in [2.75, 3.05) is 13.1 Å². The highest BCUT2D eigenvalue weighted by Crippen LogP contribution is 2.09. The second kappa shape index (κ2) is 5.95. The van der Waals surface area contributed by atoms with Gasteiger partial charge < -0.3 is 15.0 Å². The molecule has 86 valence electrons. The third-order valence-electron chi connectivity index (χ3n) is 2.22. The number of fused-ring (bicyclic) bond motifs is 1. The fourth-order valence-corrected chi connectivity index (χ4v) is 1.57. The van der Waals surface area contributed by atoms with Crippen LogP contribution in [-0.2, 0) is 13.0 Å². The van der Waals surface area contributed by atoms with Crippen LogP contribution in [0.15, 0.2) is 6.33 Å². The SMILES string of the molecule is Cl.Cl.O=C(O)c1ncn2c1CCNCC2. The molecule has 0 bridgehead atoms. The number of rotatable bonds is 1. The van der Waals surface area contributed by atoms with E-state index in [0.29, 0.717) is 0 Å². The summed E-state index contributed by atoms with van der Waals surface area (Å²) in [5.41, 5.74) is 1.03. The third-order valence-corrected chi connectivity index (χ3v) is 2.22. The number of carboxylic acid groups (broad SMARTS) is 1. The normalized spacial score (nSPS) is 14.1. The van der Waals surface area contributed by atoms with Crippen molar-refractivity contribution in [2.24, 2.45) is 0 Å². The highest BCUT2D eigenvalue weighted by Gasteiger charge is 2.17. The van der Waals surface area contributed by atoms with E-state index in [9.17, 15) is 4.79 Å². The van der Waals surface area contributed by atoms with Crippen molar-refractivity contribution in [3.8, 4) is 0 Å². The molecule has 1 aromatic rings. The number of imidazole rings is 1. The predicted octanol–water partition coefficient (Wildman–Crippen LogP) is 0.571. The molecule has 0 radical (unpaired) electrons. The number of carbonyl (C=O) groups is 1. The number of aromatic carboxylic acids is 1. The summed E-state index contributed by atoms with van der Waals surface area (Å²) >= 11 is 0. The summed E-state index contributed by atoms with van der Waals surface area (Å²) in [6.07, 6.45) is 2.34. The Labute approximate surface area is 99.7 Å². The highest BCUT2D eigenvalue weighted by atomic mass is 35.5. The summed E-state index contributed by atoms with van der Waals surface area (Å²) in [7, 11) is 0. The molecule has 2 N–H and O–H groups in total. The van der Waals surface area contributed by atoms with E-state index >= 15 is 0 Å². The predicted molar refractivity (Wildman–Crippen MR) is 60.3 cm³/mol. The van der Waals surface area contributed by atoms with Gasteiger partial charge in [-0.3, -0.25) is 0 Å². The smallest absolute Gasteiger partial charge is 0.356 e. The van der Waals surface area contributed by atoms with Gasteiger partial charge in [-0.05, 0) is 0 Å². The van der Waals surface area contributed by atoms with Crippen molar-refractivity contribution >= 4 is 30.8 Å². The molecule has 1 aliphatic heterocycles. The number of hydrogen-bond donors (Lipinski definition) is 2. The van der Waals surface area contributed by atoms with Gasteiger partial charge in [-0.15, -0.1) is 24.8 Å². The third kappa shape index (κ3) is 2.84. The van der Waals surface area contributed by atoms with Gasteiger partial charge in [0.1, 0.15) is 0 Å². The van der Waals surface area contributed by atoms with Crippen LogP contribution in [0.3, 0.4) is 0 Å². The first-order valence-corrected chi connectivity index (χ1v) is 4.27. The first kappa shape index (κ1) is 14.2. The molecule has 0 fully saturated rings. The molecule has 5 nitrogen and oxygen atoms in total. The van der Waals surface area contributed by atoms with E-state index in [1.54, 1.807) is 6.33 Å². The quantitative estimate of drug-likeness (QED) is 0.768. The topological polar surface area (TPSA) is 67.1 Å². The van der Waals surface area contributed by atoms with Crippen molar-refractivity contribution in [3.05, 3.63) is 17.7 Å². The van der Waals surface area contributed by atoms with Crippen molar-refractivity contribution in [2.45, 2.75) is 13.0 Å². The van der Waals surface area contributed by atoms with E-state index < -0.39 is 5.97 Å². The van der Waals surface area contributed by atoms with E-state index in [0.717, 1.165) is 31.7 Å². The molecule has 0 atom stereocenters. The zero-order valence-electron chi connectivity index (χ0n) is 7.97. The molecule has 0 saturated carbocycles. The molecule has 0 spiro atoms. The lowest BCUT2D eigenvalue weighted by molar-refractivity contribution is 0.0689. The van der Waals surface area contributed by atoms with Crippen LogP contribution in [0.25, 0.3) is 0 Å². The van der Waals surface area contributed by atoms with Crippen molar-refractivity contribution in [1.82, 2.24) is 14.9 Å². The van der Waals surface area contributed by atoms with Crippen molar-refractivity contribution < 1.29 is 9.90 Å². The number of hydrogen-bond acceptors (Lipinski definition) is 3. The Kier molecular flexibility index (Phi) is 5.64. The molecule has 0 aliphatic carbocycles. The van der Waals surface area contributed by atoms with E-state index in [-0.39, 0.29) is 30.5 Å². The Hall–Kier alpha value is -0.780. The summed E-state index contributed by atoms with van der Waals surface area (Å²) in [4.78, 5) is 14.6. The molecule has 0 saturated heterocycles. The first-order chi connectivity index (χ1) is 6.29. The minimum absolute atomic E-state index is 0. The minimum atomic E-state index is -0.935. The monoisotopic (exact) mass is 253 g/mol. The Bertz CT molecular complexity index is 341. The molecule has 1 aliphatic rings. The maximum atomic E-state index is 10.8. The molecule has 2 heterocycles. The Morgan fingerprint density at radius 1 is 1.47 bits per heavy atom. The highest BCUT2D eigenvalue weighted by molar-refractivity contribution is 5.86. The Morgan fingerprint density at radius 3 is 2.87 bits per heavy atom. The van der Waals surface area contributed by atoms with E-state index in [2.05, 4.69) is 10.3 Å². The van der Waals surface area contributed by atoms with Gasteiger partial charge in [0.25, 0.3) is 0 Å². The standard InChI is InChI=1S/C8H11N3O2.2ClH/c12-8(13)7-6-1-2-9-3-4-11(6)5-10-7;;/h5,9H,1-4H2,(H,12,13);2*1H. The maximum Gasteiger partial charge on any atom is 0.356 e. The van der Waals surface area contributed by atoms with Crippen LogP contribution >= 0.6 is 24.8 Å². The van der Waals surface area contributed by atoms with Gasteiger partial charge in [-0.1, -0.05) is 0 Å². The van der Waals surface area contributed by atoms with Crippen LogP contribution < -0.4 is 5.32 Å². The van der Waals surface area contributed by atoms with Gasteiger partial charge in [0.2, 0.25) is 0 Å². The van der Waals surface area contributed by atoms with Crippen LogP contribution in [0.1, 0.15) is 16.2 Å². The molecule has 0 amide bonds. The van der Waals surface area contributed by atoms with Gasteiger partial charge in [-0.2, -0.15) is 0 Å².